The highest BCUT2D eigenvalue weighted by molar-refractivity contribution is 7.80. The van der Waals surface area contributed by atoms with Crippen LogP contribution in [0.4, 0.5) is 20.2 Å². The van der Waals surface area contributed by atoms with Crippen LogP contribution in [0.2, 0.25) is 5.02 Å². The lowest BCUT2D eigenvalue weighted by molar-refractivity contribution is -0.0498. The predicted octanol–water partition coefficient (Wildman–Crippen LogP) is 5.06. The SMILES string of the molecule is Cc1cc(OC(F)F)ccc1NC(=S)Nc1cccc(Cl)c1. The second kappa shape index (κ2) is 7.38. The van der Waals surface area contributed by atoms with Gasteiger partial charge in [-0.2, -0.15) is 8.78 Å². The molecule has 0 fully saturated rings. The fourth-order valence-corrected chi connectivity index (χ4v) is 2.22. The summed E-state index contributed by atoms with van der Waals surface area (Å²) >= 11 is 11.1. The van der Waals surface area contributed by atoms with E-state index in [0.29, 0.717) is 15.8 Å². The number of halogens is 3. The van der Waals surface area contributed by atoms with Crippen LogP contribution in [0.5, 0.6) is 5.75 Å². The summed E-state index contributed by atoms with van der Waals surface area (Å²) < 4.78 is 28.7. The molecule has 2 aromatic carbocycles. The Morgan fingerprint density at radius 2 is 1.95 bits per heavy atom. The first-order valence-corrected chi connectivity index (χ1v) is 7.11. The minimum absolute atomic E-state index is 0.103. The molecule has 0 spiro atoms. The molecular weight excluding hydrogens is 330 g/mol. The standard InChI is InChI=1S/C15H13ClF2N2OS/c1-9-7-12(21-14(17)18)5-6-13(9)20-15(22)19-11-4-2-3-10(16)8-11/h2-8,14H,1H3,(H2,19,20,22). The third-order valence-corrected chi connectivity index (χ3v) is 3.19. The van der Waals surface area contributed by atoms with Crippen LogP contribution in [0.25, 0.3) is 0 Å². The van der Waals surface area contributed by atoms with Crippen molar-refractivity contribution in [2.24, 2.45) is 0 Å². The van der Waals surface area contributed by atoms with Gasteiger partial charge in [-0.05, 0) is 61.1 Å². The summed E-state index contributed by atoms with van der Waals surface area (Å²) in [4.78, 5) is 0. The molecule has 0 aliphatic rings. The van der Waals surface area contributed by atoms with E-state index in [9.17, 15) is 8.78 Å². The Morgan fingerprint density at radius 3 is 2.59 bits per heavy atom. The van der Waals surface area contributed by atoms with Gasteiger partial charge >= 0.3 is 6.61 Å². The number of thiocarbonyl (C=S) groups is 1. The second-order valence-electron chi connectivity index (χ2n) is 4.44. The monoisotopic (exact) mass is 342 g/mol. The number of rotatable bonds is 4. The van der Waals surface area contributed by atoms with Crippen LogP contribution in [-0.4, -0.2) is 11.7 Å². The molecule has 0 heterocycles. The molecule has 0 atom stereocenters. The van der Waals surface area contributed by atoms with E-state index in [-0.39, 0.29) is 5.75 Å². The van der Waals surface area contributed by atoms with Gasteiger partial charge in [0.25, 0.3) is 0 Å². The zero-order valence-corrected chi connectivity index (χ0v) is 13.1. The fraction of sp³-hybridized carbons (Fsp3) is 0.133. The highest BCUT2D eigenvalue weighted by atomic mass is 35.5. The minimum atomic E-state index is -2.84. The van der Waals surface area contributed by atoms with Gasteiger partial charge in [0.15, 0.2) is 5.11 Å². The average Bonchev–Trinajstić information content (AvgIpc) is 2.41. The maximum Gasteiger partial charge on any atom is 0.387 e. The van der Waals surface area contributed by atoms with Gasteiger partial charge in [-0.3, -0.25) is 0 Å². The van der Waals surface area contributed by atoms with Crippen molar-refractivity contribution in [2.45, 2.75) is 13.5 Å². The van der Waals surface area contributed by atoms with E-state index in [1.54, 1.807) is 31.2 Å². The van der Waals surface area contributed by atoms with Gasteiger partial charge in [-0.15, -0.1) is 0 Å². The summed E-state index contributed by atoms with van der Waals surface area (Å²) in [6.07, 6.45) is 0. The van der Waals surface area contributed by atoms with Crippen molar-refractivity contribution in [3.05, 3.63) is 53.1 Å². The number of hydrogen-bond donors (Lipinski definition) is 2. The molecule has 0 aliphatic carbocycles. The Kier molecular flexibility index (Phi) is 5.51. The second-order valence-corrected chi connectivity index (χ2v) is 5.29. The summed E-state index contributed by atoms with van der Waals surface area (Å²) in [5.41, 5.74) is 2.18. The van der Waals surface area contributed by atoms with Crippen LogP contribution in [-0.2, 0) is 0 Å². The molecule has 0 saturated heterocycles. The van der Waals surface area contributed by atoms with Crippen molar-refractivity contribution in [2.75, 3.05) is 10.6 Å². The van der Waals surface area contributed by atoms with Crippen molar-refractivity contribution < 1.29 is 13.5 Å². The average molecular weight is 343 g/mol. The zero-order chi connectivity index (χ0) is 16.1. The van der Waals surface area contributed by atoms with Crippen molar-refractivity contribution >= 4 is 40.3 Å². The van der Waals surface area contributed by atoms with Gasteiger partial charge in [-0.1, -0.05) is 17.7 Å². The normalized spacial score (nSPS) is 10.4. The van der Waals surface area contributed by atoms with Gasteiger partial charge in [0.05, 0.1) is 0 Å². The lowest BCUT2D eigenvalue weighted by atomic mass is 10.2. The molecule has 2 aromatic rings. The molecule has 7 heteroatoms. The molecule has 3 nitrogen and oxygen atoms in total. The molecule has 22 heavy (non-hydrogen) atoms. The largest absolute Gasteiger partial charge is 0.435 e. The summed E-state index contributed by atoms with van der Waals surface area (Å²) in [6, 6.07) is 11.7. The van der Waals surface area contributed by atoms with E-state index in [0.717, 1.165) is 11.3 Å². The van der Waals surface area contributed by atoms with E-state index in [1.807, 2.05) is 6.07 Å². The van der Waals surface area contributed by atoms with Crippen LogP contribution < -0.4 is 15.4 Å². The third kappa shape index (κ3) is 4.82. The molecule has 116 valence electrons. The summed E-state index contributed by atoms with van der Waals surface area (Å²) in [7, 11) is 0. The molecule has 0 aliphatic heterocycles. The van der Waals surface area contributed by atoms with E-state index < -0.39 is 6.61 Å². The Balaban J connectivity index is 2.02. The zero-order valence-electron chi connectivity index (χ0n) is 11.6. The van der Waals surface area contributed by atoms with E-state index >= 15 is 0 Å². The molecule has 2 rings (SSSR count). The van der Waals surface area contributed by atoms with Gasteiger partial charge in [0.1, 0.15) is 5.75 Å². The molecule has 0 aromatic heterocycles. The number of aryl methyl sites for hydroxylation is 1. The van der Waals surface area contributed by atoms with Crippen LogP contribution >= 0.6 is 23.8 Å². The Morgan fingerprint density at radius 1 is 1.18 bits per heavy atom. The number of hydrogen-bond acceptors (Lipinski definition) is 2. The van der Waals surface area contributed by atoms with Gasteiger partial charge in [-0.25, -0.2) is 0 Å². The van der Waals surface area contributed by atoms with Gasteiger partial charge in [0, 0.05) is 16.4 Å². The Hall–Kier alpha value is -1.92. The number of benzene rings is 2. The number of nitrogens with one attached hydrogen (secondary N) is 2. The van der Waals surface area contributed by atoms with Crippen molar-refractivity contribution in [1.29, 1.82) is 0 Å². The van der Waals surface area contributed by atoms with Crippen LogP contribution in [0.15, 0.2) is 42.5 Å². The van der Waals surface area contributed by atoms with Crippen LogP contribution in [0, 0.1) is 6.92 Å². The fourth-order valence-electron chi connectivity index (χ4n) is 1.80. The predicted molar refractivity (Wildman–Crippen MR) is 89.1 cm³/mol. The molecule has 0 amide bonds. The van der Waals surface area contributed by atoms with Crippen LogP contribution in [0.1, 0.15) is 5.56 Å². The molecule has 2 N–H and O–H groups in total. The first-order valence-electron chi connectivity index (χ1n) is 6.33. The summed E-state index contributed by atoms with van der Waals surface area (Å²) in [5.74, 6) is 0.103. The first kappa shape index (κ1) is 16.5. The lowest BCUT2D eigenvalue weighted by Gasteiger charge is -2.14. The van der Waals surface area contributed by atoms with Gasteiger partial charge in [0.2, 0.25) is 0 Å². The third-order valence-electron chi connectivity index (χ3n) is 2.75. The maximum atomic E-state index is 12.2. The molecule has 0 radical (unpaired) electrons. The number of anilines is 2. The van der Waals surface area contributed by atoms with Crippen molar-refractivity contribution in [3.8, 4) is 5.75 Å². The van der Waals surface area contributed by atoms with Crippen molar-refractivity contribution in [3.63, 3.8) is 0 Å². The van der Waals surface area contributed by atoms with E-state index in [4.69, 9.17) is 23.8 Å². The smallest absolute Gasteiger partial charge is 0.387 e. The molecule has 0 bridgehead atoms. The van der Waals surface area contributed by atoms with E-state index in [2.05, 4.69) is 15.4 Å². The quantitative estimate of drug-likeness (QED) is 0.761. The molecular formula is C15H13ClF2N2OS. The number of ether oxygens (including phenoxy) is 1. The van der Waals surface area contributed by atoms with Crippen molar-refractivity contribution in [1.82, 2.24) is 0 Å². The highest BCUT2D eigenvalue weighted by Gasteiger charge is 2.07. The molecule has 0 saturated carbocycles. The van der Waals surface area contributed by atoms with Crippen LogP contribution in [0.3, 0.4) is 0 Å². The first-order chi connectivity index (χ1) is 10.4. The number of alkyl halides is 2. The maximum absolute atomic E-state index is 12.2. The Labute approximate surface area is 137 Å². The molecule has 0 unspecified atom stereocenters. The lowest BCUT2D eigenvalue weighted by Crippen LogP contribution is -2.19. The summed E-state index contributed by atoms with van der Waals surface area (Å²) in [5, 5.41) is 6.95. The topological polar surface area (TPSA) is 33.3 Å². The highest BCUT2D eigenvalue weighted by Crippen LogP contribution is 2.23. The minimum Gasteiger partial charge on any atom is -0.435 e. The van der Waals surface area contributed by atoms with Gasteiger partial charge < -0.3 is 15.4 Å². The Bertz CT molecular complexity index is 682. The summed E-state index contributed by atoms with van der Waals surface area (Å²) in [6.45, 7) is -1.08. The van der Waals surface area contributed by atoms with E-state index in [1.165, 1.54) is 12.1 Å².